The fourth-order valence-electron chi connectivity index (χ4n) is 5.01. The quantitative estimate of drug-likeness (QED) is 0.482. The van der Waals surface area contributed by atoms with Crippen LogP contribution in [0.15, 0.2) is 12.1 Å². The summed E-state index contributed by atoms with van der Waals surface area (Å²) in [5.74, 6) is -1.75. The largest absolute Gasteiger partial charge is 0.354 e. The highest BCUT2D eigenvalue weighted by Crippen LogP contribution is 2.34. The van der Waals surface area contributed by atoms with Crippen molar-refractivity contribution in [2.24, 2.45) is 11.8 Å². The number of nitrogens with one attached hydrogen (secondary N) is 3. The van der Waals surface area contributed by atoms with E-state index in [4.69, 9.17) is 0 Å². The molecule has 184 valence electrons. The summed E-state index contributed by atoms with van der Waals surface area (Å²) in [5.41, 5.74) is 0.253. The molecule has 3 rings (SSSR count). The number of amides is 2. The van der Waals surface area contributed by atoms with Gasteiger partial charge in [-0.1, -0.05) is 32.1 Å². The smallest absolute Gasteiger partial charge is 0.242 e. The van der Waals surface area contributed by atoms with Gasteiger partial charge in [0.05, 0.1) is 6.04 Å². The Labute approximate surface area is 192 Å². The molecule has 2 amide bonds. The van der Waals surface area contributed by atoms with Crippen LogP contribution >= 0.6 is 0 Å². The SMILES string of the molecule is Cc1cc(F)c(CCNC(=O)C(CC(F)F)NC(=O)C2CC(C3CCCCC3)CN2)c(F)c1. The molecule has 1 saturated heterocycles. The first kappa shape index (κ1) is 25.5. The van der Waals surface area contributed by atoms with Crippen LogP contribution in [0.4, 0.5) is 17.6 Å². The zero-order valence-electron chi connectivity index (χ0n) is 18.9. The van der Waals surface area contributed by atoms with E-state index in [0.29, 0.717) is 30.4 Å². The van der Waals surface area contributed by atoms with Gasteiger partial charge in [-0.05, 0) is 55.8 Å². The van der Waals surface area contributed by atoms with E-state index >= 15 is 0 Å². The van der Waals surface area contributed by atoms with E-state index in [0.717, 1.165) is 12.8 Å². The molecule has 0 bridgehead atoms. The average Bonchev–Trinajstić information content (AvgIpc) is 3.26. The molecule has 3 unspecified atom stereocenters. The molecule has 1 aliphatic carbocycles. The summed E-state index contributed by atoms with van der Waals surface area (Å²) in [7, 11) is 0. The van der Waals surface area contributed by atoms with Crippen molar-refractivity contribution in [3.8, 4) is 0 Å². The minimum atomic E-state index is -2.79. The summed E-state index contributed by atoms with van der Waals surface area (Å²) < 4.78 is 54.0. The summed E-state index contributed by atoms with van der Waals surface area (Å²) in [6, 6.07) is 0.450. The van der Waals surface area contributed by atoms with Gasteiger partial charge in [-0.25, -0.2) is 17.6 Å². The van der Waals surface area contributed by atoms with E-state index < -0.39 is 48.4 Å². The molecule has 1 aromatic carbocycles. The summed E-state index contributed by atoms with van der Waals surface area (Å²) in [5, 5.41) is 8.04. The summed E-state index contributed by atoms with van der Waals surface area (Å²) in [4.78, 5) is 25.2. The summed E-state index contributed by atoms with van der Waals surface area (Å²) in [6.45, 7) is 2.13. The van der Waals surface area contributed by atoms with Gasteiger partial charge in [-0.15, -0.1) is 0 Å². The summed E-state index contributed by atoms with van der Waals surface area (Å²) >= 11 is 0. The average molecular weight is 472 g/mol. The second-order valence-corrected chi connectivity index (χ2v) is 9.29. The maximum atomic E-state index is 14.0. The van der Waals surface area contributed by atoms with Gasteiger partial charge in [-0.2, -0.15) is 0 Å². The second-order valence-electron chi connectivity index (χ2n) is 9.29. The molecule has 1 aliphatic heterocycles. The molecule has 0 radical (unpaired) electrons. The van der Waals surface area contributed by atoms with Crippen molar-refractivity contribution >= 4 is 11.8 Å². The number of carbonyl (C=O) groups excluding carboxylic acids is 2. The monoisotopic (exact) mass is 471 g/mol. The van der Waals surface area contributed by atoms with Crippen LogP contribution in [-0.4, -0.2) is 43.4 Å². The Morgan fingerprint density at radius 1 is 1.09 bits per heavy atom. The fraction of sp³-hybridized carbons (Fsp3) is 0.667. The van der Waals surface area contributed by atoms with Crippen molar-refractivity contribution in [1.29, 1.82) is 0 Å². The van der Waals surface area contributed by atoms with Crippen molar-refractivity contribution in [2.45, 2.75) is 76.8 Å². The maximum Gasteiger partial charge on any atom is 0.242 e. The Hall–Kier alpha value is -2.16. The van der Waals surface area contributed by atoms with Gasteiger partial charge in [0.2, 0.25) is 18.2 Å². The summed E-state index contributed by atoms with van der Waals surface area (Å²) in [6.07, 6.45) is 2.82. The minimum absolute atomic E-state index is 0.133. The van der Waals surface area contributed by atoms with Gasteiger partial charge in [0.15, 0.2) is 0 Å². The predicted molar refractivity (Wildman–Crippen MR) is 117 cm³/mol. The lowest BCUT2D eigenvalue weighted by atomic mass is 9.79. The van der Waals surface area contributed by atoms with Crippen molar-refractivity contribution in [3.05, 3.63) is 34.9 Å². The number of carbonyl (C=O) groups is 2. The first-order valence-corrected chi connectivity index (χ1v) is 11.8. The molecular formula is C24H33F4N3O2. The highest BCUT2D eigenvalue weighted by atomic mass is 19.3. The minimum Gasteiger partial charge on any atom is -0.354 e. The molecular weight excluding hydrogens is 438 g/mol. The number of halogens is 4. The molecule has 3 atom stereocenters. The van der Waals surface area contributed by atoms with Crippen LogP contribution in [0.2, 0.25) is 0 Å². The van der Waals surface area contributed by atoms with Gasteiger partial charge >= 0.3 is 0 Å². The first-order valence-electron chi connectivity index (χ1n) is 11.8. The van der Waals surface area contributed by atoms with Gasteiger partial charge in [0, 0.05) is 18.5 Å². The maximum absolute atomic E-state index is 14.0. The molecule has 3 N–H and O–H groups in total. The lowest BCUT2D eigenvalue weighted by Crippen LogP contribution is -2.52. The van der Waals surface area contributed by atoms with Gasteiger partial charge < -0.3 is 16.0 Å². The third-order valence-electron chi connectivity index (χ3n) is 6.80. The van der Waals surface area contributed by atoms with Crippen molar-refractivity contribution < 1.29 is 27.2 Å². The number of alkyl halides is 2. The Morgan fingerprint density at radius 2 is 1.76 bits per heavy atom. The zero-order valence-corrected chi connectivity index (χ0v) is 18.9. The number of rotatable bonds is 9. The van der Waals surface area contributed by atoms with Gasteiger partial charge in [-0.3, -0.25) is 9.59 Å². The Morgan fingerprint density at radius 3 is 2.39 bits per heavy atom. The standard InChI is InChI=1S/C24H33F4N3O2/c1-14-9-18(25)17(19(26)10-14)7-8-29-23(32)21(12-22(27)28)31-24(33)20-11-16(13-30-20)15-5-3-2-4-6-15/h9-10,15-16,20-22,30H,2-8,11-13H2,1H3,(H,29,32)(H,31,33). The van der Waals surface area contributed by atoms with Crippen molar-refractivity contribution in [2.75, 3.05) is 13.1 Å². The number of aryl methyl sites for hydroxylation is 1. The zero-order chi connectivity index (χ0) is 24.0. The molecule has 1 heterocycles. The molecule has 5 nitrogen and oxygen atoms in total. The van der Waals surface area contributed by atoms with Crippen LogP contribution < -0.4 is 16.0 Å². The Kier molecular flexibility index (Phi) is 9.11. The van der Waals surface area contributed by atoms with Crippen molar-refractivity contribution in [3.63, 3.8) is 0 Å². The fourth-order valence-corrected chi connectivity index (χ4v) is 5.01. The molecule has 0 aromatic heterocycles. The number of benzene rings is 1. The third-order valence-corrected chi connectivity index (χ3v) is 6.80. The van der Waals surface area contributed by atoms with E-state index in [2.05, 4.69) is 16.0 Å². The highest BCUT2D eigenvalue weighted by Gasteiger charge is 2.36. The Bertz CT molecular complexity index is 807. The van der Waals surface area contributed by atoms with Crippen LogP contribution in [0.5, 0.6) is 0 Å². The topological polar surface area (TPSA) is 70.2 Å². The molecule has 0 spiro atoms. The lowest BCUT2D eigenvalue weighted by Gasteiger charge is -2.26. The van der Waals surface area contributed by atoms with Crippen molar-refractivity contribution in [1.82, 2.24) is 16.0 Å². The molecule has 33 heavy (non-hydrogen) atoms. The second kappa shape index (κ2) is 11.8. The Balaban J connectivity index is 1.52. The third kappa shape index (κ3) is 7.16. The normalized spacial score (nSPS) is 22.4. The van der Waals surface area contributed by atoms with Crippen LogP contribution in [0.25, 0.3) is 0 Å². The van der Waals surface area contributed by atoms with Gasteiger partial charge in [0.1, 0.15) is 17.7 Å². The van der Waals surface area contributed by atoms with E-state index in [9.17, 15) is 27.2 Å². The number of hydrogen-bond donors (Lipinski definition) is 3. The van der Waals surface area contributed by atoms with E-state index in [1.165, 1.54) is 31.4 Å². The molecule has 2 fully saturated rings. The first-order chi connectivity index (χ1) is 15.7. The van der Waals surface area contributed by atoms with Gasteiger partial charge in [0.25, 0.3) is 0 Å². The molecule has 1 saturated carbocycles. The van der Waals surface area contributed by atoms with Crippen LogP contribution in [0, 0.1) is 30.4 Å². The predicted octanol–water partition coefficient (Wildman–Crippen LogP) is 3.63. The lowest BCUT2D eigenvalue weighted by molar-refractivity contribution is -0.130. The number of hydrogen-bond acceptors (Lipinski definition) is 3. The van der Waals surface area contributed by atoms with Crippen LogP contribution in [-0.2, 0) is 16.0 Å². The highest BCUT2D eigenvalue weighted by molar-refractivity contribution is 5.90. The molecule has 9 heteroatoms. The molecule has 2 aliphatic rings. The van der Waals surface area contributed by atoms with E-state index in [1.807, 2.05) is 0 Å². The van der Waals surface area contributed by atoms with Crippen LogP contribution in [0.3, 0.4) is 0 Å². The van der Waals surface area contributed by atoms with Crippen LogP contribution in [0.1, 0.15) is 56.1 Å². The van der Waals surface area contributed by atoms with E-state index in [1.54, 1.807) is 6.92 Å². The van der Waals surface area contributed by atoms with E-state index in [-0.39, 0.29) is 18.5 Å². The molecule has 1 aromatic rings.